The number of nitrogens with one attached hydrogen (secondary N) is 2. The number of carbonyl (C=O) groups excluding carboxylic acids is 4. The van der Waals surface area contributed by atoms with E-state index in [9.17, 15) is 19.2 Å². The maximum Gasteiger partial charge on any atom is 0.321 e. The Labute approximate surface area is 238 Å². The topological polar surface area (TPSA) is 130 Å². The van der Waals surface area contributed by atoms with Crippen LogP contribution in [-0.4, -0.2) is 71.9 Å². The van der Waals surface area contributed by atoms with E-state index < -0.39 is 23.8 Å². The summed E-state index contributed by atoms with van der Waals surface area (Å²) in [7, 11) is 1.68. The Morgan fingerprint density at radius 1 is 1.12 bits per heavy atom. The molecule has 3 aromatic rings. The van der Waals surface area contributed by atoms with Crippen molar-refractivity contribution in [1.29, 1.82) is 0 Å². The van der Waals surface area contributed by atoms with Gasteiger partial charge in [-0.1, -0.05) is 36.4 Å². The highest BCUT2D eigenvalue weighted by Gasteiger charge is 2.27. The summed E-state index contributed by atoms with van der Waals surface area (Å²) >= 11 is 0. The smallest absolute Gasteiger partial charge is 0.321 e. The fourth-order valence-electron chi connectivity index (χ4n) is 4.37. The number of aromatic nitrogens is 1. The molecule has 0 bridgehead atoms. The molecule has 11 heteroatoms. The first-order chi connectivity index (χ1) is 19.8. The van der Waals surface area contributed by atoms with Crippen molar-refractivity contribution < 1.29 is 28.7 Å². The van der Waals surface area contributed by atoms with E-state index in [0.717, 1.165) is 5.56 Å². The van der Waals surface area contributed by atoms with Crippen molar-refractivity contribution >= 4 is 29.5 Å². The van der Waals surface area contributed by atoms with Crippen molar-refractivity contribution in [2.45, 2.75) is 25.9 Å². The Morgan fingerprint density at radius 3 is 2.66 bits per heavy atom. The molecule has 1 aliphatic heterocycles. The first-order valence-electron chi connectivity index (χ1n) is 13.3. The number of rotatable bonds is 10. The lowest BCUT2D eigenvalue weighted by Crippen LogP contribution is -2.43. The van der Waals surface area contributed by atoms with Gasteiger partial charge in [-0.05, 0) is 42.3 Å². The second-order valence-corrected chi connectivity index (χ2v) is 9.47. The number of benzene rings is 2. The highest BCUT2D eigenvalue weighted by molar-refractivity contribution is 6.01. The summed E-state index contributed by atoms with van der Waals surface area (Å²) in [5, 5.41) is 5.64. The van der Waals surface area contributed by atoms with Crippen LogP contribution < -0.4 is 15.4 Å². The van der Waals surface area contributed by atoms with Gasteiger partial charge in [-0.15, -0.1) is 0 Å². The van der Waals surface area contributed by atoms with Crippen LogP contribution in [0.1, 0.15) is 40.9 Å². The molecule has 2 aromatic carbocycles. The summed E-state index contributed by atoms with van der Waals surface area (Å²) in [5.74, 6) is -0.959. The van der Waals surface area contributed by atoms with E-state index in [1.54, 1.807) is 56.7 Å². The van der Waals surface area contributed by atoms with Gasteiger partial charge in [0.25, 0.3) is 5.91 Å². The number of hydrogen-bond acceptors (Lipinski definition) is 7. The molecule has 1 unspecified atom stereocenters. The van der Waals surface area contributed by atoms with Gasteiger partial charge in [-0.3, -0.25) is 19.4 Å². The highest BCUT2D eigenvalue weighted by Crippen LogP contribution is 2.27. The molecule has 0 spiro atoms. The molecule has 0 saturated heterocycles. The number of carbonyl (C=O) groups is 4. The second kappa shape index (κ2) is 13.9. The molecule has 2 heterocycles. The van der Waals surface area contributed by atoms with Crippen LogP contribution in [0.25, 0.3) is 0 Å². The Kier molecular flexibility index (Phi) is 9.87. The van der Waals surface area contributed by atoms with Crippen molar-refractivity contribution in [2.75, 3.05) is 38.7 Å². The van der Waals surface area contributed by atoms with Gasteiger partial charge in [0.05, 0.1) is 37.7 Å². The average molecular weight is 560 g/mol. The summed E-state index contributed by atoms with van der Waals surface area (Å²) in [5.41, 5.74) is 2.28. The molecule has 0 saturated carbocycles. The summed E-state index contributed by atoms with van der Waals surface area (Å²) in [6, 6.07) is 16.9. The molecule has 1 aromatic heterocycles. The number of urea groups is 1. The maximum atomic E-state index is 13.5. The Bertz CT molecular complexity index is 1370. The molecule has 1 atom stereocenters. The molecule has 0 fully saturated rings. The summed E-state index contributed by atoms with van der Waals surface area (Å²) in [4.78, 5) is 58.5. The minimum Gasteiger partial charge on any atom is -0.491 e. The highest BCUT2D eigenvalue weighted by atomic mass is 16.5. The molecule has 0 aliphatic carbocycles. The third-order valence-electron chi connectivity index (χ3n) is 6.41. The van der Waals surface area contributed by atoms with Gasteiger partial charge in [0.1, 0.15) is 12.4 Å². The standard InChI is InChI=1S/C30H33N5O6/c1-3-40-28(37)17-25(22-10-7-13-31-18-22)33-27(36)20-35-14-15-41-26-12-11-23(16-24(26)29(35)38)32-30(39)34(2)19-21-8-5-4-6-9-21/h4-13,16,18,25H,3,14-15,17,19-20H2,1-2H3,(H,32,39)(H,33,36). The van der Waals surface area contributed by atoms with Crippen molar-refractivity contribution in [2.24, 2.45) is 0 Å². The number of anilines is 1. The van der Waals surface area contributed by atoms with Crippen LogP contribution in [0.2, 0.25) is 0 Å². The van der Waals surface area contributed by atoms with Gasteiger partial charge < -0.3 is 29.9 Å². The van der Waals surface area contributed by atoms with Crippen LogP contribution in [0, 0.1) is 0 Å². The van der Waals surface area contributed by atoms with Gasteiger partial charge in [-0.2, -0.15) is 0 Å². The normalized spacial score (nSPS) is 13.2. The van der Waals surface area contributed by atoms with Crippen molar-refractivity contribution in [3.8, 4) is 5.75 Å². The molecule has 4 amide bonds. The average Bonchev–Trinajstić information content (AvgIpc) is 3.12. The van der Waals surface area contributed by atoms with Crippen LogP contribution in [-0.2, 0) is 20.9 Å². The number of hydrogen-bond donors (Lipinski definition) is 2. The zero-order valence-electron chi connectivity index (χ0n) is 23.0. The summed E-state index contributed by atoms with van der Waals surface area (Å²) in [6.07, 6.45) is 3.09. The van der Waals surface area contributed by atoms with Crippen molar-refractivity contribution in [1.82, 2.24) is 20.1 Å². The third-order valence-corrected chi connectivity index (χ3v) is 6.41. The van der Waals surface area contributed by atoms with Crippen molar-refractivity contribution in [3.05, 3.63) is 89.7 Å². The zero-order chi connectivity index (χ0) is 29.2. The molecule has 41 heavy (non-hydrogen) atoms. The fraction of sp³-hybridized carbons (Fsp3) is 0.300. The largest absolute Gasteiger partial charge is 0.491 e. The van der Waals surface area contributed by atoms with E-state index in [2.05, 4.69) is 15.6 Å². The number of ether oxygens (including phenoxy) is 2. The van der Waals surface area contributed by atoms with Crippen molar-refractivity contribution in [3.63, 3.8) is 0 Å². The molecule has 2 N–H and O–H groups in total. The minimum atomic E-state index is -0.671. The molecular weight excluding hydrogens is 526 g/mol. The van der Waals surface area contributed by atoms with E-state index in [1.807, 2.05) is 30.3 Å². The van der Waals surface area contributed by atoms with E-state index >= 15 is 0 Å². The number of esters is 1. The number of amides is 4. The SMILES string of the molecule is CCOC(=O)CC(NC(=O)CN1CCOc2ccc(NC(=O)N(C)Cc3ccccc3)cc2C1=O)c1cccnc1. The lowest BCUT2D eigenvalue weighted by molar-refractivity contribution is -0.143. The predicted octanol–water partition coefficient (Wildman–Crippen LogP) is 3.39. The molecule has 4 rings (SSSR count). The summed E-state index contributed by atoms with van der Waals surface area (Å²) in [6.45, 7) is 2.46. The van der Waals surface area contributed by atoms with E-state index in [-0.39, 0.29) is 44.3 Å². The Balaban J connectivity index is 1.42. The monoisotopic (exact) mass is 559 g/mol. The Hall–Kier alpha value is -4.93. The van der Waals surface area contributed by atoms with Gasteiger partial charge in [-0.25, -0.2) is 4.79 Å². The van der Waals surface area contributed by atoms with Crippen LogP contribution in [0.5, 0.6) is 5.75 Å². The van der Waals surface area contributed by atoms with Gasteiger partial charge in [0.2, 0.25) is 5.91 Å². The first-order valence-corrected chi connectivity index (χ1v) is 13.3. The van der Waals surface area contributed by atoms with E-state index in [0.29, 0.717) is 23.5 Å². The minimum absolute atomic E-state index is 0.0764. The van der Waals surface area contributed by atoms with E-state index in [1.165, 1.54) is 9.80 Å². The number of nitrogens with zero attached hydrogens (tertiary/aromatic N) is 3. The maximum absolute atomic E-state index is 13.5. The number of fused-ring (bicyclic) bond motifs is 1. The lowest BCUT2D eigenvalue weighted by Gasteiger charge is -2.23. The third kappa shape index (κ3) is 8.04. The molecule has 214 valence electrons. The fourth-order valence-corrected chi connectivity index (χ4v) is 4.37. The summed E-state index contributed by atoms with van der Waals surface area (Å²) < 4.78 is 10.8. The molecule has 1 aliphatic rings. The Morgan fingerprint density at radius 2 is 1.93 bits per heavy atom. The quantitative estimate of drug-likeness (QED) is 0.364. The molecule has 0 radical (unpaired) electrons. The lowest BCUT2D eigenvalue weighted by atomic mass is 10.1. The van der Waals surface area contributed by atoms with Crippen LogP contribution >= 0.6 is 0 Å². The molecule has 11 nitrogen and oxygen atoms in total. The zero-order valence-corrected chi connectivity index (χ0v) is 23.0. The first kappa shape index (κ1) is 29.1. The predicted molar refractivity (Wildman–Crippen MR) is 151 cm³/mol. The van der Waals surface area contributed by atoms with Gasteiger partial charge in [0.15, 0.2) is 0 Å². The van der Waals surface area contributed by atoms with Gasteiger partial charge in [0, 0.05) is 31.7 Å². The second-order valence-electron chi connectivity index (χ2n) is 9.47. The molecular formula is C30H33N5O6. The number of pyridine rings is 1. The van der Waals surface area contributed by atoms with Gasteiger partial charge >= 0.3 is 12.0 Å². The van der Waals surface area contributed by atoms with Crippen LogP contribution in [0.3, 0.4) is 0 Å². The van der Waals surface area contributed by atoms with Crippen LogP contribution in [0.15, 0.2) is 73.1 Å². The van der Waals surface area contributed by atoms with Crippen LogP contribution in [0.4, 0.5) is 10.5 Å². The van der Waals surface area contributed by atoms with E-state index in [4.69, 9.17) is 9.47 Å².